The maximum absolute atomic E-state index is 12.7. The molecule has 3 rings (SSSR count). The highest BCUT2D eigenvalue weighted by molar-refractivity contribution is 6.05. The molecule has 0 radical (unpaired) electrons. The minimum atomic E-state index is -0.495. The lowest BCUT2D eigenvalue weighted by molar-refractivity contribution is -0.384. The molecule has 1 N–H and O–H groups in total. The summed E-state index contributed by atoms with van der Waals surface area (Å²) >= 11 is 0. The number of nitro groups is 1. The second-order valence-electron chi connectivity index (χ2n) is 6.72. The van der Waals surface area contributed by atoms with Crippen LogP contribution in [0, 0.1) is 17.0 Å². The van der Waals surface area contributed by atoms with E-state index in [-0.39, 0.29) is 18.2 Å². The summed E-state index contributed by atoms with van der Waals surface area (Å²) in [6.45, 7) is 2.48. The molecular weight excluding hydrogens is 384 g/mol. The van der Waals surface area contributed by atoms with Gasteiger partial charge in [0, 0.05) is 23.3 Å². The predicted molar refractivity (Wildman–Crippen MR) is 114 cm³/mol. The molecule has 0 unspecified atom stereocenters. The van der Waals surface area contributed by atoms with Gasteiger partial charge in [-0.1, -0.05) is 36.4 Å². The second-order valence-corrected chi connectivity index (χ2v) is 6.72. The van der Waals surface area contributed by atoms with Crippen LogP contribution in [-0.4, -0.2) is 17.9 Å². The zero-order chi connectivity index (χ0) is 21.5. The fraction of sp³-hybridized carbons (Fsp3) is 0.174. The van der Waals surface area contributed by atoms with Gasteiger partial charge in [0.1, 0.15) is 5.75 Å². The van der Waals surface area contributed by atoms with E-state index in [1.165, 1.54) is 12.1 Å². The van der Waals surface area contributed by atoms with Gasteiger partial charge in [-0.2, -0.15) is 0 Å². The van der Waals surface area contributed by atoms with Crippen LogP contribution in [0.4, 0.5) is 11.4 Å². The third kappa shape index (κ3) is 5.21. The molecule has 1 amide bonds. The number of non-ortho nitro benzene ring substituents is 1. The molecule has 0 aliphatic carbocycles. The molecule has 0 aromatic heterocycles. The van der Waals surface area contributed by atoms with Gasteiger partial charge in [0.15, 0.2) is 0 Å². The molecule has 0 atom stereocenters. The number of carbonyl (C=O) groups excluding carboxylic acids is 1. The molecule has 3 aromatic rings. The van der Waals surface area contributed by atoms with Crippen molar-refractivity contribution >= 4 is 17.3 Å². The van der Waals surface area contributed by atoms with Crippen molar-refractivity contribution < 1.29 is 19.2 Å². The molecule has 0 spiro atoms. The average molecular weight is 406 g/mol. The number of rotatable bonds is 8. The van der Waals surface area contributed by atoms with Gasteiger partial charge in [-0.15, -0.1) is 0 Å². The van der Waals surface area contributed by atoms with Gasteiger partial charge < -0.3 is 14.8 Å². The molecule has 0 bridgehead atoms. The highest BCUT2D eigenvalue weighted by atomic mass is 16.6. The first-order valence-corrected chi connectivity index (χ1v) is 9.33. The Kier molecular flexibility index (Phi) is 6.77. The lowest BCUT2D eigenvalue weighted by atomic mass is 10.1. The van der Waals surface area contributed by atoms with Crippen LogP contribution in [0.15, 0.2) is 66.7 Å². The lowest BCUT2D eigenvalue weighted by Crippen LogP contribution is -2.13. The Balaban J connectivity index is 1.74. The van der Waals surface area contributed by atoms with Crippen molar-refractivity contribution in [2.45, 2.75) is 20.1 Å². The van der Waals surface area contributed by atoms with Gasteiger partial charge in [-0.05, 0) is 36.2 Å². The van der Waals surface area contributed by atoms with Gasteiger partial charge >= 0.3 is 0 Å². The first kappa shape index (κ1) is 21.0. The third-order valence-corrected chi connectivity index (χ3v) is 4.59. The number of nitrogens with one attached hydrogen (secondary N) is 1. The summed E-state index contributed by atoms with van der Waals surface area (Å²) in [6.07, 6.45) is 0. The topological polar surface area (TPSA) is 90.7 Å². The number of hydrogen-bond donors (Lipinski definition) is 1. The molecule has 0 heterocycles. The molecule has 154 valence electrons. The van der Waals surface area contributed by atoms with Crippen molar-refractivity contribution in [3.8, 4) is 5.75 Å². The number of anilines is 1. The standard InChI is InChI=1S/C23H22N2O5/c1-16-8-10-20(25(27)28)13-21(16)24-23(26)18-9-11-22(29-2)19(12-18)15-30-14-17-6-4-3-5-7-17/h3-13H,14-15H2,1-2H3,(H,24,26). The zero-order valence-electron chi connectivity index (χ0n) is 16.8. The SMILES string of the molecule is COc1ccc(C(=O)Nc2cc([N+](=O)[O-])ccc2C)cc1COCc1ccccc1. The molecule has 0 aliphatic rings. The first-order chi connectivity index (χ1) is 14.5. The fourth-order valence-electron chi connectivity index (χ4n) is 2.94. The Morgan fingerprint density at radius 1 is 1.03 bits per heavy atom. The molecule has 0 saturated carbocycles. The molecule has 7 nitrogen and oxygen atoms in total. The van der Waals surface area contributed by atoms with Crippen LogP contribution in [0.3, 0.4) is 0 Å². The fourth-order valence-corrected chi connectivity index (χ4v) is 2.94. The maximum Gasteiger partial charge on any atom is 0.271 e. The van der Waals surface area contributed by atoms with E-state index in [0.717, 1.165) is 16.7 Å². The highest BCUT2D eigenvalue weighted by Gasteiger charge is 2.14. The van der Waals surface area contributed by atoms with Gasteiger partial charge in [0.25, 0.3) is 11.6 Å². The first-order valence-electron chi connectivity index (χ1n) is 9.33. The third-order valence-electron chi connectivity index (χ3n) is 4.59. The summed E-state index contributed by atoms with van der Waals surface area (Å²) in [7, 11) is 1.56. The Morgan fingerprint density at radius 2 is 1.80 bits per heavy atom. The largest absolute Gasteiger partial charge is 0.496 e. The average Bonchev–Trinajstić information content (AvgIpc) is 2.75. The number of hydrogen-bond acceptors (Lipinski definition) is 5. The smallest absolute Gasteiger partial charge is 0.271 e. The number of nitrogens with zero attached hydrogens (tertiary/aromatic N) is 1. The quantitative estimate of drug-likeness (QED) is 0.425. The van der Waals surface area contributed by atoms with Gasteiger partial charge in [0.2, 0.25) is 0 Å². The van der Waals surface area contributed by atoms with Crippen LogP contribution < -0.4 is 10.1 Å². The van der Waals surface area contributed by atoms with Gasteiger partial charge in [-0.3, -0.25) is 14.9 Å². The van der Waals surface area contributed by atoms with Crippen LogP contribution >= 0.6 is 0 Å². The van der Waals surface area contributed by atoms with Crippen LogP contribution in [0.1, 0.15) is 27.0 Å². The Morgan fingerprint density at radius 3 is 2.50 bits per heavy atom. The molecule has 30 heavy (non-hydrogen) atoms. The lowest BCUT2D eigenvalue weighted by Gasteiger charge is -2.13. The molecule has 3 aromatic carbocycles. The van der Waals surface area contributed by atoms with Crippen LogP contribution in [-0.2, 0) is 18.0 Å². The summed E-state index contributed by atoms with van der Waals surface area (Å²) in [5, 5.41) is 13.7. The van der Waals surface area contributed by atoms with Crippen molar-refractivity contribution in [3.63, 3.8) is 0 Å². The van der Waals surface area contributed by atoms with Crippen molar-refractivity contribution in [1.82, 2.24) is 0 Å². The summed E-state index contributed by atoms with van der Waals surface area (Å²) in [5.41, 5.74) is 3.23. The van der Waals surface area contributed by atoms with E-state index in [9.17, 15) is 14.9 Å². The second kappa shape index (κ2) is 9.67. The van der Waals surface area contributed by atoms with Crippen LogP contribution in [0.25, 0.3) is 0 Å². The predicted octanol–water partition coefficient (Wildman–Crippen LogP) is 4.88. The summed E-state index contributed by atoms with van der Waals surface area (Å²) in [5.74, 6) is 0.247. The van der Waals surface area contributed by atoms with Gasteiger partial charge in [-0.25, -0.2) is 0 Å². The summed E-state index contributed by atoms with van der Waals surface area (Å²) in [6, 6.07) is 19.2. The number of amides is 1. The van der Waals surface area contributed by atoms with Crippen molar-refractivity contribution in [1.29, 1.82) is 0 Å². The maximum atomic E-state index is 12.7. The molecule has 0 fully saturated rings. The van der Waals surface area contributed by atoms with E-state index >= 15 is 0 Å². The summed E-state index contributed by atoms with van der Waals surface area (Å²) < 4.78 is 11.2. The number of methoxy groups -OCH3 is 1. The molecule has 7 heteroatoms. The Bertz CT molecular complexity index is 1050. The number of ether oxygens (including phenoxy) is 2. The Labute approximate surface area is 174 Å². The molecule has 0 aliphatic heterocycles. The van der Waals surface area contributed by atoms with Gasteiger partial charge in [0.05, 0.1) is 30.9 Å². The van der Waals surface area contributed by atoms with E-state index < -0.39 is 4.92 Å². The number of carbonyl (C=O) groups is 1. The van der Waals surface area contributed by atoms with E-state index in [1.54, 1.807) is 38.3 Å². The monoisotopic (exact) mass is 406 g/mol. The van der Waals surface area contributed by atoms with E-state index in [1.807, 2.05) is 30.3 Å². The molecular formula is C23H22N2O5. The van der Waals surface area contributed by atoms with E-state index in [2.05, 4.69) is 5.32 Å². The Hall–Kier alpha value is -3.71. The molecule has 0 saturated heterocycles. The number of aryl methyl sites for hydroxylation is 1. The van der Waals surface area contributed by atoms with Crippen LogP contribution in [0.5, 0.6) is 5.75 Å². The van der Waals surface area contributed by atoms with Crippen LogP contribution in [0.2, 0.25) is 0 Å². The highest BCUT2D eigenvalue weighted by Crippen LogP contribution is 2.25. The van der Waals surface area contributed by atoms with Crippen molar-refractivity contribution in [2.75, 3.05) is 12.4 Å². The zero-order valence-corrected chi connectivity index (χ0v) is 16.8. The minimum Gasteiger partial charge on any atom is -0.496 e. The van der Waals surface area contributed by atoms with E-state index in [0.29, 0.717) is 23.6 Å². The number of nitro benzene ring substituents is 1. The van der Waals surface area contributed by atoms with Crippen molar-refractivity contribution in [2.24, 2.45) is 0 Å². The summed E-state index contributed by atoms with van der Waals surface area (Å²) in [4.78, 5) is 23.2. The minimum absolute atomic E-state index is 0.0827. The normalized spacial score (nSPS) is 10.5. The van der Waals surface area contributed by atoms with E-state index in [4.69, 9.17) is 9.47 Å². The van der Waals surface area contributed by atoms with Crippen molar-refractivity contribution in [3.05, 3.63) is 99.1 Å². The number of benzene rings is 3.